The van der Waals surface area contributed by atoms with E-state index in [1.54, 1.807) is 35.0 Å². The third-order valence-corrected chi connectivity index (χ3v) is 3.00. The average Bonchev–Trinajstić information content (AvgIpc) is 2.91. The topological polar surface area (TPSA) is 83.7 Å². The summed E-state index contributed by atoms with van der Waals surface area (Å²) in [5.41, 5.74) is 1.15. The van der Waals surface area contributed by atoms with Gasteiger partial charge in [0, 0.05) is 12.4 Å². The van der Waals surface area contributed by atoms with Crippen molar-refractivity contribution >= 4 is 23.2 Å². The van der Waals surface area contributed by atoms with Crippen molar-refractivity contribution in [1.29, 1.82) is 0 Å². The van der Waals surface area contributed by atoms with Gasteiger partial charge in [0.1, 0.15) is 11.3 Å². The Kier molecular flexibility index (Phi) is 3.12. The molecule has 104 valence electrons. The van der Waals surface area contributed by atoms with Crippen molar-refractivity contribution < 1.29 is 14.7 Å². The first-order chi connectivity index (χ1) is 10.1. The Morgan fingerprint density at radius 3 is 2.62 bits per heavy atom. The smallest absolute Gasteiger partial charge is 0.337 e. The summed E-state index contributed by atoms with van der Waals surface area (Å²) in [4.78, 5) is 27.5. The molecule has 0 fully saturated rings. The van der Waals surface area contributed by atoms with Crippen LogP contribution in [-0.2, 0) is 0 Å². The third-order valence-electron chi connectivity index (χ3n) is 3.00. The second-order valence-electron chi connectivity index (χ2n) is 4.40. The third kappa shape index (κ3) is 2.46. The normalized spacial score (nSPS) is 10.5. The Morgan fingerprint density at radius 1 is 1.10 bits per heavy atom. The van der Waals surface area contributed by atoms with E-state index in [1.807, 2.05) is 12.1 Å². The molecule has 0 saturated carbocycles. The molecule has 3 aromatic rings. The molecule has 2 N–H and O–H groups in total. The number of carboxylic acid groups (broad SMARTS) is 1. The van der Waals surface area contributed by atoms with E-state index in [9.17, 15) is 9.59 Å². The molecule has 0 spiro atoms. The van der Waals surface area contributed by atoms with Crippen LogP contribution in [0.4, 0.5) is 5.69 Å². The first-order valence-corrected chi connectivity index (χ1v) is 6.22. The number of benzene rings is 1. The summed E-state index contributed by atoms with van der Waals surface area (Å²) in [5.74, 6) is -1.55. The summed E-state index contributed by atoms with van der Waals surface area (Å²) >= 11 is 0. The maximum absolute atomic E-state index is 12.2. The number of rotatable bonds is 3. The van der Waals surface area contributed by atoms with Gasteiger partial charge in [-0.3, -0.25) is 4.79 Å². The molecule has 1 aromatic carbocycles. The van der Waals surface area contributed by atoms with E-state index in [2.05, 4.69) is 10.3 Å². The molecule has 6 nitrogen and oxygen atoms in total. The lowest BCUT2D eigenvalue weighted by Crippen LogP contribution is -2.15. The number of para-hydroxylation sites is 1. The zero-order chi connectivity index (χ0) is 14.8. The van der Waals surface area contributed by atoms with Crippen molar-refractivity contribution in [3.05, 3.63) is 66.1 Å². The highest BCUT2D eigenvalue weighted by Crippen LogP contribution is 2.16. The van der Waals surface area contributed by atoms with Gasteiger partial charge in [-0.25, -0.2) is 9.78 Å². The number of pyridine rings is 1. The van der Waals surface area contributed by atoms with Gasteiger partial charge >= 0.3 is 5.97 Å². The first kappa shape index (κ1) is 12.9. The predicted molar refractivity (Wildman–Crippen MR) is 76.5 cm³/mol. The quantitative estimate of drug-likeness (QED) is 0.771. The second-order valence-corrected chi connectivity index (χ2v) is 4.40. The molecule has 0 unspecified atom stereocenters. The van der Waals surface area contributed by atoms with E-state index in [0.29, 0.717) is 5.65 Å². The van der Waals surface area contributed by atoms with Crippen molar-refractivity contribution in [2.24, 2.45) is 0 Å². The van der Waals surface area contributed by atoms with Crippen LogP contribution in [0.3, 0.4) is 0 Å². The summed E-state index contributed by atoms with van der Waals surface area (Å²) in [7, 11) is 0. The van der Waals surface area contributed by atoms with Gasteiger partial charge in [-0.1, -0.05) is 18.2 Å². The molecule has 0 atom stereocenters. The molecule has 3 rings (SSSR count). The van der Waals surface area contributed by atoms with Gasteiger partial charge in [0.2, 0.25) is 0 Å². The second kappa shape index (κ2) is 5.09. The van der Waals surface area contributed by atoms with Crippen molar-refractivity contribution in [2.45, 2.75) is 0 Å². The van der Waals surface area contributed by atoms with Gasteiger partial charge in [0.05, 0.1) is 11.3 Å². The van der Waals surface area contributed by atoms with Crippen LogP contribution in [0.15, 0.2) is 54.9 Å². The standard InChI is InChI=1S/C15H11N3O3/c19-14(12-9-18-8-4-3-7-13(18)16-12)17-11-6-2-1-5-10(11)15(20)21/h1-9H,(H,17,19)(H,20,21). The minimum atomic E-state index is -1.10. The minimum absolute atomic E-state index is 0.0367. The lowest BCUT2D eigenvalue weighted by molar-refractivity contribution is 0.0698. The summed E-state index contributed by atoms with van der Waals surface area (Å²) in [6.45, 7) is 0. The maximum Gasteiger partial charge on any atom is 0.337 e. The number of hydrogen-bond acceptors (Lipinski definition) is 3. The van der Waals surface area contributed by atoms with Crippen molar-refractivity contribution in [3.63, 3.8) is 0 Å². The summed E-state index contributed by atoms with van der Waals surface area (Å²) in [6, 6.07) is 11.7. The van der Waals surface area contributed by atoms with E-state index in [1.165, 1.54) is 12.1 Å². The Balaban J connectivity index is 1.91. The number of imidazole rings is 1. The van der Waals surface area contributed by atoms with E-state index in [0.717, 1.165) is 0 Å². The first-order valence-electron chi connectivity index (χ1n) is 6.22. The van der Waals surface area contributed by atoms with Crippen LogP contribution in [0, 0.1) is 0 Å². The highest BCUT2D eigenvalue weighted by molar-refractivity contribution is 6.06. The molecule has 0 aliphatic carbocycles. The number of carbonyl (C=O) groups is 2. The van der Waals surface area contributed by atoms with E-state index < -0.39 is 11.9 Å². The van der Waals surface area contributed by atoms with E-state index in [4.69, 9.17) is 5.11 Å². The molecule has 0 aliphatic rings. The Morgan fingerprint density at radius 2 is 1.86 bits per heavy atom. The Bertz CT molecular complexity index is 806. The predicted octanol–water partition coefficient (Wildman–Crippen LogP) is 2.28. The van der Waals surface area contributed by atoms with Crippen LogP contribution in [0.25, 0.3) is 5.65 Å². The fourth-order valence-electron chi connectivity index (χ4n) is 2.01. The number of hydrogen-bond donors (Lipinski definition) is 2. The van der Waals surface area contributed by atoms with Crippen molar-refractivity contribution in [3.8, 4) is 0 Å². The molecule has 2 heterocycles. The van der Waals surface area contributed by atoms with Gasteiger partial charge in [0.25, 0.3) is 5.91 Å². The van der Waals surface area contributed by atoms with Crippen LogP contribution >= 0.6 is 0 Å². The molecular formula is C15H11N3O3. The largest absolute Gasteiger partial charge is 0.478 e. The average molecular weight is 281 g/mol. The van der Waals surface area contributed by atoms with Gasteiger partial charge in [0.15, 0.2) is 0 Å². The molecule has 0 bridgehead atoms. The summed E-state index contributed by atoms with van der Waals surface area (Å²) in [6.07, 6.45) is 3.37. The van der Waals surface area contributed by atoms with Gasteiger partial charge in [-0.2, -0.15) is 0 Å². The number of fused-ring (bicyclic) bond motifs is 1. The van der Waals surface area contributed by atoms with Gasteiger partial charge < -0.3 is 14.8 Å². The molecule has 6 heteroatoms. The monoisotopic (exact) mass is 281 g/mol. The van der Waals surface area contributed by atoms with Crippen LogP contribution in [0.5, 0.6) is 0 Å². The Hall–Kier alpha value is -3.15. The molecular weight excluding hydrogens is 270 g/mol. The fourth-order valence-corrected chi connectivity index (χ4v) is 2.01. The van der Waals surface area contributed by atoms with Crippen LogP contribution < -0.4 is 5.32 Å². The summed E-state index contributed by atoms with van der Waals surface area (Å²) in [5, 5.41) is 11.7. The van der Waals surface area contributed by atoms with Crippen LogP contribution in [0.2, 0.25) is 0 Å². The zero-order valence-electron chi connectivity index (χ0n) is 10.9. The molecule has 0 saturated heterocycles. The maximum atomic E-state index is 12.2. The van der Waals surface area contributed by atoms with Gasteiger partial charge in [-0.05, 0) is 24.3 Å². The lowest BCUT2D eigenvalue weighted by Gasteiger charge is -2.06. The van der Waals surface area contributed by atoms with Crippen molar-refractivity contribution in [2.75, 3.05) is 5.32 Å². The summed E-state index contributed by atoms with van der Waals surface area (Å²) < 4.78 is 1.72. The minimum Gasteiger partial charge on any atom is -0.478 e. The van der Waals surface area contributed by atoms with Crippen LogP contribution in [-0.4, -0.2) is 26.4 Å². The highest BCUT2D eigenvalue weighted by atomic mass is 16.4. The SMILES string of the molecule is O=C(Nc1ccccc1C(=O)O)c1cn2ccccc2n1. The fraction of sp³-hybridized carbons (Fsp3) is 0. The number of amides is 1. The number of aromatic carboxylic acids is 1. The Labute approximate surface area is 119 Å². The zero-order valence-corrected chi connectivity index (χ0v) is 10.9. The number of carbonyl (C=O) groups excluding carboxylic acids is 1. The number of carboxylic acids is 1. The number of nitrogens with zero attached hydrogens (tertiary/aromatic N) is 2. The molecule has 0 aliphatic heterocycles. The molecule has 2 aromatic heterocycles. The van der Waals surface area contributed by atoms with Crippen molar-refractivity contribution in [1.82, 2.24) is 9.38 Å². The number of nitrogens with one attached hydrogen (secondary N) is 1. The van der Waals surface area contributed by atoms with Gasteiger partial charge in [-0.15, -0.1) is 0 Å². The highest BCUT2D eigenvalue weighted by Gasteiger charge is 2.15. The lowest BCUT2D eigenvalue weighted by atomic mass is 10.2. The van der Waals surface area contributed by atoms with E-state index >= 15 is 0 Å². The molecule has 21 heavy (non-hydrogen) atoms. The molecule has 0 radical (unpaired) electrons. The molecule has 1 amide bonds. The van der Waals surface area contributed by atoms with E-state index in [-0.39, 0.29) is 16.9 Å². The number of aromatic nitrogens is 2. The number of anilines is 1. The van der Waals surface area contributed by atoms with Crippen LogP contribution in [0.1, 0.15) is 20.8 Å².